The summed E-state index contributed by atoms with van der Waals surface area (Å²) in [6, 6.07) is 16.7. The number of hydrogen-bond acceptors (Lipinski definition) is 2. The first-order chi connectivity index (χ1) is 7.61. The van der Waals surface area contributed by atoms with Gasteiger partial charge in [0.1, 0.15) is 6.10 Å². The number of carboxylic acid groups (broad SMARTS) is 1. The van der Waals surface area contributed by atoms with E-state index in [1.165, 1.54) is 17.7 Å². The number of hydrogen-bond donors (Lipinski definition) is 2. The summed E-state index contributed by atoms with van der Waals surface area (Å²) >= 11 is 0. The number of carbonyl (C=O) groups is 1. The number of aliphatic carboxylic acids is 1. The molecular formula is C13H14O3. The van der Waals surface area contributed by atoms with Crippen molar-refractivity contribution in [3.05, 3.63) is 48.5 Å². The molecule has 0 spiro atoms. The van der Waals surface area contributed by atoms with Crippen molar-refractivity contribution in [3.8, 4) is 0 Å². The minimum Gasteiger partial charge on any atom is -0.479 e. The quantitative estimate of drug-likeness (QED) is 0.772. The fraction of sp³-hybridized carbons (Fsp3) is 0.154. The van der Waals surface area contributed by atoms with Crippen molar-refractivity contribution in [2.45, 2.75) is 13.0 Å². The van der Waals surface area contributed by atoms with Gasteiger partial charge in [0.15, 0.2) is 0 Å². The first kappa shape index (κ1) is 12.2. The van der Waals surface area contributed by atoms with Crippen molar-refractivity contribution in [2.75, 3.05) is 0 Å². The predicted octanol–water partition coefficient (Wildman–Crippen LogP) is 2.29. The zero-order chi connectivity index (χ0) is 12.0. The summed E-state index contributed by atoms with van der Waals surface area (Å²) in [6.45, 7) is 1.20. The Morgan fingerprint density at radius 1 is 1.00 bits per heavy atom. The number of rotatable bonds is 1. The second kappa shape index (κ2) is 5.88. The normalized spacial score (nSPS) is 11.4. The number of aliphatic hydroxyl groups is 1. The van der Waals surface area contributed by atoms with Crippen LogP contribution < -0.4 is 0 Å². The molecule has 16 heavy (non-hydrogen) atoms. The predicted molar refractivity (Wildman–Crippen MR) is 63.3 cm³/mol. The minimum atomic E-state index is -1.23. The SMILES string of the molecule is CC(O)C(=O)O.c1ccc2ccccc2c1. The third kappa shape index (κ3) is 3.71. The lowest BCUT2D eigenvalue weighted by Crippen LogP contribution is -2.13. The second-order valence-electron chi connectivity index (χ2n) is 3.36. The third-order valence-corrected chi connectivity index (χ3v) is 2.02. The van der Waals surface area contributed by atoms with Crippen LogP contribution >= 0.6 is 0 Å². The number of fused-ring (bicyclic) bond motifs is 1. The highest BCUT2D eigenvalue weighted by atomic mass is 16.4. The lowest BCUT2D eigenvalue weighted by molar-refractivity contribution is -0.145. The molecule has 3 nitrogen and oxygen atoms in total. The molecule has 1 unspecified atom stereocenters. The van der Waals surface area contributed by atoms with Crippen molar-refractivity contribution < 1.29 is 15.0 Å². The minimum absolute atomic E-state index is 1.19. The fourth-order valence-electron chi connectivity index (χ4n) is 1.13. The molecule has 0 amide bonds. The van der Waals surface area contributed by atoms with Gasteiger partial charge in [0, 0.05) is 0 Å². The maximum atomic E-state index is 9.45. The van der Waals surface area contributed by atoms with Crippen LogP contribution in [-0.2, 0) is 4.79 Å². The Bertz CT molecular complexity index is 398. The molecule has 0 bridgehead atoms. The topological polar surface area (TPSA) is 57.5 Å². The molecule has 0 aromatic heterocycles. The molecular weight excluding hydrogens is 204 g/mol. The van der Waals surface area contributed by atoms with Gasteiger partial charge in [0.25, 0.3) is 0 Å². The van der Waals surface area contributed by atoms with Gasteiger partial charge in [0.2, 0.25) is 0 Å². The van der Waals surface area contributed by atoms with Gasteiger partial charge >= 0.3 is 5.97 Å². The van der Waals surface area contributed by atoms with Crippen LogP contribution in [0.25, 0.3) is 10.8 Å². The monoisotopic (exact) mass is 218 g/mol. The van der Waals surface area contributed by atoms with E-state index in [1.54, 1.807) is 0 Å². The summed E-state index contributed by atoms with van der Waals surface area (Å²) in [4.78, 5) is 9.45. The van der Waals surface area contributed by atoms with Crippen molar-refractivity contribution in [1.29, 1.82) is 0 Å². The lowest BCUT2D eigenvalue weighted by atomic mass is 10.1. The van der Waals surface area contributed by atoms with Gasteiger partial charge in [-0.3, -0.25) is 0 Å². The van der Waals surface area contributed by atoms with Crippen LogP contribution in [0.1, 0.15) is 6.92 Å². The first-order valence-corrected chi connectivity index (χ1v) is 4.96. The van der Waals surface area contributed by atoms with Crippen LogP contribution in [-0.4, -0.2) is 22.3 Å². The summed E-state index contributed by atoms with van der Waals surface area (Å²) < 4.78 is 0. The van der Waals surface area contributed by atoms with Crippen molar-refractivity contribution in [2.24, 2.45) is 0 Å². The smallest absolute Gasteiger partial charge is 0.332 e. The van der Waals surface area contributed by atoms with Crippen molar-refractivity contribution in [1.82, 2.24) is 0 Å². The molecule has 0 radical (unpaired) electrons. The molecule has 0 aliphatic heterocycles. The Morgan fingerprint density at radius 3 is 1.44 bits per heavy atom. The molecule has 0 saturated heterocycles. The van der Waals surface area contributed by atoms with Gasteiger partial charge in [-0.15, -0.1) is 0 Å². The van der Waals surface area contributed by atoms with Crippen molar-refractivity contribution >= 4 is 16.7 Å². The number of benzene rings is 2. The third-order valence-electron chi connectivity index (χ3n) is 2.02. The van der Waals surface area contributed by atoms with Gasteiger partial charge in [-0.05, 0) is 17.7 Å². The van der Waals surface area contributed by atoms with Crippen LogP contribution in [0.15, 0.2) is 48.5 Å². The van der Waals surface area contributed by atoms with Gasteiger partial charge in [-0.2, -0.15) is 0 Å². The average Bonchev–Trinajstić information content (AvgIpc) is 2.30. The summed E-state index contributed by atoms with van der Waals surface area (Å²) in [7, 11) is 0. The standard InChI is InChI=1S/C10H8.C3H6O3/c1-2-6-10-8-4-3-7-9(10)5-1;1-2(4)3(5)6/h1-8H;2,4H,1H3,(H,5,6). The highest BCUT2D eigenvalue weighted by Gasteiger charge is 2.01. The molecule has 0 heterocycles. The van der Waals surface area contributed by atoms with E-state index in [2.05, 4.69) is 48.5 Å². The highest BCUT2D eigenvalue weighted by Crippen LogP contribution is 2.11. The van der Waals surface area contributed by atoms with Crippen LogP contribution in [0.5, 0.6) is 0 Å². The zero-order valence-electron chi connectivity index (χ0n) is 9.00. The molecule has 2 N–H and O–H groups in total. The Balaban J connectivity index is 0.000000187. The average molecular weight is 218 g/mol. The maximum Gasteiger partial charge on any atom is 0.332 e. The Labute approximate surface area is 94.0 Å². The Morgan fingerprint density at radius 2 is 1.25 bits per heavy atom. The van der Waals surface area contributed by atoms with E-state index in [-0.39, 0.29) is 0 Å². The van der Waals surface area contributed by atoms with E-state index >= 15 is 0 Å². The zero-order valence-corrected chi connectivity index (χ0v) is 9.00. The number of carboxylic acids is 1. The fourth-order valence-corrected chi connectivity index (χ4v) is 1.13. The van der Waals surface area contributed by atoms with Gasteiger partial charge in [-0.25, -0.2) is 4.79 Å². The Kier molecular flexibility index (Phi) is 4.48. The van der Waals surface area contributed by atoms with E-state index in [0.717, 1.165) is 0 Å². The molecule has 0 aliphatic rings. The Hall–Kier alpha value is -1.87. The molecule has 84 valence electrons. The molecule has 2 aromatic carbocycles. The highest BCUT2D eigenvalue weighted by molar-refractivity contribution is 5.82. The number of aliphatic hydroxyl groups excluding tert-OH is 1. The van der Waals surface area contributed by atoms with E-state index in [9.17, 15) is 4.79 Å². The molecule has 0 aliphatic carbocycles. The largest absolute Gasteiger partial charge is 0.479 e. The molecule has 3 heteroatoms. The molecule has 0 fully saturated rings. The summed E-state index contributed by atoms with van der Waals surface area (Å²) in [6.07, 6.45) is -1.23. The summed E-state index contributed by atoms with van der Waals surface area (Å²) in [5, 5.41) is 18.4. The van der Waals surface area contributed by atoms with Crippen LogP contribution in [0.3, 0.4) is 0 Å². The van der Waals surface area contributed by atoms with Crippen LogP contribution in [0.4, 0.5) is 0 Å². The van der Waals surface area contributed by atoms with Crippen molar-refractivity contribution in [3.63, 3.8) is 0 Å². The van der Waals surface area contributed by atoms with E-state index in [4.69, 9.17) is 10.2 Å². The van der Waals surface area contributed by atoms with E-state index in [0.29, 0.717) is 0 Å². The van der Waals surface area contributed by atoms with Crippen LogP contribution in [0, 0.1) is 0 Å². The van der Waals surface area contributed by atoms with Gasteiger partial charge < -0.3 is 10.2 Å². The van der Waals surface area contributed by atoms with Gasteiger partial charge in [0.05, 0.1) is 0 Å². The molecule has 2 aromatic rings. The van der Waals surface area contributed by atoms with Gasteiger partial charge in [-0.1, -0.05) is 48.5 Å². The lowest BCUT2D eigenvalue weighted by Gasteiger charge is -1.92. The van der Waals surface area contributed by atoms with E-state index in [1.807, 2.05) is 0 Å². The molecule has 0 saturated carbocycles. The maximum absolute atomic E-state index is 9.45. The molecule has 2 rings (SSSR count). The first-order valence-electron chi connectivity index (χ1n) is 4.96. The summed E-state index contributed by atoms with van der Waals surface area (Å²) in [5.41, 5.74) is 0. The summed E-state index contributed by atoms with van der Waals surface area (Å²) in [5.74, 6) is -1.19. The molecule has 1 atom stereocenters. The second-order valence-corrected chi connectivity index (χ2v) is 3.36. The van der Waals surface area contributed by atoms with Crippen LogP contribution in [0.2, 0.25) is 0 Å². The van der Waals surface area contributed by atoms with E-state index < -0.39 is 12.1 Å².